The lowest BCUT2D eigenvalue weighted by Gasteiger charge is -2.14. The van der Waals surface area contributed by atoms with Gasteiger partial charge in [-0.05, 0) is 50.6 Å². The minimum absolute atomic E-state index is 0.137. The number of amides is 1. The van der Waals surface area contributed by atoms with Gasteiger partial charge in [-0.3, -0.25) is 4.79 Å². The number of ether oxygens (including phenoxy) is 3. The molecule has 7 heteroatoms. The molecule has 2 aromatic carbocycles. The largest absolute Gasteiger partial charge is 0.494 e. The van der Waals surface area contributed by atoms with E-state index in [9.17, 15) is 9.59 Å². The topological polar surface area (TPSA) is 87.0 Å². The lowest BCUT2D eigenvalue weighted by atomic mass is 10.1. The van der Waals surface area contributed by atoms with Gasteiger partial charge in [0.1, 0.15) is 28.9 Å². The van der Waals surface area contributed by atoms with E-state index >= 15 is 0 Å². The summed E-state index contributed by atoms with van der Waals surface area (Å²) in [6.45, 7) is 6.47. The number of hydrogen-bond donors (Lipinski definition) is 1. The van der Waals surface area contributed by atoms with Crippen LogP contribution in [0.25, 0.3) is 11.0 Å². The summed E-state index contributed by atoms with van der Waals surface area (Å²) in [6, 6.07) is 10.5. The van der Waals surface area contributed by atoms with E-state index < -0.39 is 5.63 Å². The summed E-state index contributed by atoms with van der Waals surface area (Å²) < 4.78 is 22.4. The number of carbonyl (C=O) groups excluding carboxylic acids is 1. The van der Waals surface area contributed by atoms with Crippen molar-refractivity contribution in [2.75, 3.05) is 13.2 Å². The Kier molecular flexibility index (Phi) is 5.84. The third kappa shape index (κ3) is 4.66. The maximum atomic E-state index is 12.3. The summed E-state index contributed by atoms with van der Waals surface area (Å²) in [6.07, 6.45) is 0.985. The molecule has 0 radical (unpaired) electrons. The highest BCUT2D eigenvalue weighted by molar-refractivity contribution is 5.81. The van der Waals surface area contributed by atoms with Gasteiger partial charge in [0.15, 0.2) is 6.61 Å². The Morgan fingerprint density at radius 1 is 1.19 bits per heavy atom. The molecule has 1 amide bonds. The van der Waals surface area contributed by atoms with E-state index in [4.69, 9.17) is 18.6 Å². The predicted molar refractivity (Wildman–Crippen MR) is 116 cm³/mol. The second kappa shape index (κ2) is 8.71. The van der Waals surface area contributed by atoms with Gasteiger partial charge in [-0.1, -0.05) is 0 Å². The van der Waals surface area contributed by atoms with Gasteiger partial charge in [0.2, 0.25) is 0 Å². The van der Waals surface area contributed by atoms with Gasteiger partial charge in [-0.15, -0.1) is 0 Å². The Morgan fingerprint density at radius 3 is 2.84 bits per heavy atom. The van der Waals surface area contributed by atoms with Gasteiger partial charge in [0.05, 0.1) is 6.61 Å². The number of hydrogen-bond acceptors (Lipinski definition) is 6. The third-order valence-corrected chi connectivity index (χ3v) is 5.15. The number of nitrogens with one attached hydrogen (secondary N) is 1. The molecule has 1 N–H and O–H groups in total. The smallest absolute Gasteiger partial charge is 0.336 e. The highest BCUT2D eigenvalue weighted by atomic mass is 16.5. The fourth-order valence-electron chi connectivity index (χ4n) is 3.70. The first-order valence-corrected chi connectivity index (χ1v) is 10.3. The molecule has 0 bridgehead atoms. The summed E-state index contributed by atoms with van der Waals surface area (Å²) >= 11 is 0. The first-order valence-electron chi connectivity index (χ1n) is 10.3. The van der Waals surface area contributed by atoms with Gasteiger partial charge < -0.3 is 23.9 Å². The lowest BCUT2D eigenvalue weighted by molar-refractivity contribution is -0.123. The third-order valence-electron chi connectivity index (χ3n) is 5.15. The Balaban J connectivity index is 1.39. The molecule has 31 heavy (non-hydrogen) atoms. The van der Waals surface area contributed by atoms with Gasteiger partial charge >= 0.3 is 5.63 Å². The minimum Gasteiger partial charge on any atom is -0.494 e. The molecule has 4 rings (SSSR count). The summed E-state index contributed by atoms with van der Waals surface area (Å²) in [4.78, 5) is 23.9. The Morgan fingerprint density at radius 2 is 2.03 bits per heavy atom. The highest BCUT2D eigenvalue weighted by Crippen LogP contribution is 2.35. The van der Waals surface area contributed by atoms with Gasteiger partial charge in [0, 0.05) is 41.6 Å². The zero-order chi connectivity index (χ0) is 22.0. The van der Waals surface area contributed by atoms with Crippen LogP contribution in [0.1, 0.15) is 30.5 Å². The van der Waals surface area contributed by atoms with Crippen molar-refractivity contribution in [1.29, 1.82) is 0 Å². The molecule has 162 valence electrons. The maximum absolute atomic E-state index is 12.3. The van der Waals surface area contributed by atoms with E-state index in [0.717, 1.165) is 40.0 Å². The van der Waals surface area contributed by atoms with Crippen molar-refractivity contribution in [2.45, 2.75) is 39.8 Å². The normalized spacial score (nSPS) is 14.7. The average Bonchev–Trinajstić information content (AvgIpc) is 3.09. The zero-order valence-electron chi connectivity index (χ0n) is 17.8. The average molecular weight is 423 g/mol. The summed E-state index contributed by atoms with van der Waals surface area (Å²) in [5.41, 5.74) is 2.81. The van der Waals surface area contributed by atoms with Crippen molar-refractivity contribution >= 4 is 16.9 Å². The molecule has 1 aromatic heterocycles. The highest BCUT2D eigenvalue weighted by Gasteiger charge is 2.22. The van der Waals surface area contributed by atoms with Gasteiger partial charge in [-0.2, -0.15) is 0 Å². The van der Waals surface area contributed by atoms with Crippen LogP contribution in [0.4, 0.5) is 0 Å². The van der Waals surface area contributed by atoms with Crippen molar-refractivity contribution in [1.82, 2.24) is 5.32 Å². The van der Waals surface area contributed by atoms with Crippen molar-refractivity contribution in [3.8, 4) is 17.2 Å². The van der Waals surface area contributed by atoms with Crippen LogP contribution in [0.15, 0.2) is 45.6 Å². The fraction of sp³-hybridized carbons (Fsp3) is 0.333. The maximum Gasteiger partial charge on any atom is 0.336 e. The van der Waals surface area contributed by atoms with Crippen molar-refractivity contribution in [2.24, 2.45) is 0 Å². The van der Waals surface area contributed by atoms with Crippen LogP contribution in [0.3, 0.4) is 0 Å². The van der Waals surface area contributed by atoms with Gasteiger partial charge in [0.25, 0.3) is 5.91 Å². The first-order chi connectivity index (χ1) is 14.9. The van der Waals surface area contributed by atoms with Gasteiger partial charge in [-0.25, -0.2) is 4.79 Å². The fourth-order valence-corrected chi connectivity index (χ4v) is 3.70. The summed E-state index contributed by atoms with van der Waals surface area (Å²) in [7, 11) is 0. The Bertz CT molecular complexity index is 1180. The number of aryl methyl sites for hydroxylation is 1. The molecule has 2 heterocycles. The van der Waals surface area contributed by atoms with E-state index in [0.29, 0.717) is 24.5 Å². The van der Waals surface area contributed by atoms with Crippen LogP contribution >= 0.6 is 0 Å². The predicted octanol–water partition coefficient (Wildman–Crippen LogP) is 3.52. The Hall–Kier alpha value is -3.48. The summed E-state index contributed by atoms with van der Waals surface area (Å²) in [5.74, 6) is 1.76. The second-order valence-electron chi connectivity index (χ2n) is 7.61. The minimum atomic E-state index is -0.419. The van der Waals surface area contributed by atoms with Crippen LogP contribution in [-0.2, 0) is 17.8 Å². The molecule has 0 saturated heterocycles. The van der Waals surface area contributed by atoms with Crippen molar-refractivity contribution in [3.05, 3.63) is 63.5 Å². The Labute approximate surface area is 179 Å². The standard InChI is InChI=1S/C24H25NO6/c1-4-28-20-9-16-8-15(3)30-21(16)10-17(20)12-25-23(26)13-29-18-5-6-19-14(2)7-24(27)31-22(19)11-18/h5-7,9-11,15H,4,8,12-13H2,1-3H3,(H,25,26). The quantitative estimate of drug-likeness (QED) is 0.585. The molecular formula is C24H25NO6. The van der Waals surface area contributed by atoms with E-state index in [-0.39, 0.29) is 18.6 Å². The van der Waals surface area contributed by atoms with E-state index in [1.54, 1.807) is 18.2 Å². The number of rotatable bonds is 7. The second-order valence-corrected chi connectivity index (χ2v) is 7.61. The molecular weight excluding hydrogens is 398 g/mol. The van der Waals surface area contributed by atoms with E-state index in [1.165, 1.54) is 6.07 Å². The van der Waals surface area contributed by atoms with Crippen LogP contribution in [-0.4, -0.2) is 25.2 Å². The zero-order valence-corrected chi connectivity index (χ0v) is 17.8. The molecule has 7 nitrogen and oxygen atoms in total. The SMILES string of the molecule is CCOc1cc2c(cc1CNC(=O)COc1ccc3c(C)cc(=O)oc3c1)OC(C)C2. The first kappa shape index (κ1) is 20.8. The number of benzene rings is 2. The van der Waals surface area contributed by atoms with E-state index in [2.05, 4.69) is 5.32 Å². The molecule has 1 atom stereocenters. The van der Waals surface area contributed by atoms with Crippen LogP contribution in [0.2, 0.25) is 0 Å². The molecule has 3 aromatic rings. The van der Waals surface area contributed by atoms with Crippen molar-refractivity contribution in [3.63, 3.8) is 0 Å². The molecule has 1 unspecified atom stereocenters. The van der Waals surface area contributed by atoms with Crippen LogP contribution in [0.5, 0.6) is 17.2 Å². The molecule has 0 aliphatic carbocycles. The van der Waals surface area contributed by atoms with Crippen LogP contribution < -0.4 is 25.2 Å². The number of fused-ring (bicyclic) bond motifs is 2. The molecule has 1 aliphatic heterocycles. The number of carbonyl (C=O) groups is 1. The molecule has 0 fully saturated rings. The monoisotopic (exact) mass is 423 g/mol. The molecule has 0 saturated carbocycles. The van der Waals surface area contributed by atoms with Crippen LogP contribution in [0, 0.1) is 6.92 Å². The van der Waals surface area contributed by atoms with Crippen molar-refractivity contribution < 1.29 is 23.4 Å². The lowest BCUT2D eigenvalue weighted by Crippen LogP contribution is -2.28. The molecule has 1 aliphatic rings. The summed E-state index contributed by atoms with van der Waals surface area (Å²) in [5, 5.41) is 3.68. The van der Waals surface area contributed by atoms with E-state index in [1.807, 2.05) is 32.9 Å². The molecule has 0 spiro atoms.